The molecule has 0 atom stereocenters. The van der Waals surface area contributed by atoms with Crippen molar-refractivity contribution < 1.29 is 13.6 Å². The molecule has 0 saturated heterocycles. The van der Waals surface area contributed by atoms with Gasteiger partial charge in [-0.05, 0) is 6.07 Å². The molecule has 7 heteroatoms. The Labute approximate surface area is 111 Å². The number of carbonyl (C=O) groups excluding carboxylic acids is 1. The Balaban J connectivity index is 0.000000184. The first-order valence-corrected chi connectivity index (χ1v) is 5.31. The van der Waals surface area contributed by atoms with Crippen molar-refractivity contribution in [3.05, 3.63) is 58.1 Å². The van der Waals surface area contributed by atoms with Crippen LogP contribution in [0.1, 0.15) is 10.4 Å². The minimum Gasteiger partial charge on any atom is -0.298 e. The molecule has 2 heterocycles. The molecule has 0 aromatic carbocycles. The lowest BCUT2D eigenvalue weighted by molar-refractivity contribution is 0.112. The number of hydrogen-bond acceptors (Lipinski definition) is 3. The lowest BCUT2D eigenvalue weighted by atomic mass is 10.3. The van der Waals surface area contributed by atoms with Crippen LogP contribution < -0.4 is 0 Å². The summed E-state index contributed by atoms with van der Waals surface area (Å²) in [5.74, 6) is -1.15. The van der Waals surface area contributed by atoms with Gasteiger partial charge in [-0.2, -0.15) is 0 Å². The van der Waals surface area contributed by atoms with Crippen molar-refractivity contribution in [1.82, 2.24) is 9.97 Å². The Kier molecular flexibility index (Phi) is 5.61. The number of aldehydes is 1. The summed E-state index contributed by atoms with van der Waals surface area (Å²) in [6, 6.07) is 1.40. The summed E-state index contributed by atoms with van der Waals surface area (Å²) in [4.78, 5) is 17.0. The molecule has 2 aromatic rings. The minimum absolute atomic E-state index is 0.0710. The number of carbonyl (C=O) groups is 1. The second-order valence-corrected chi connectivity index (χ2v) is 3.72. The van der Waals surface area contributed by atoms with E-state index >= 15 is 0 Å². The van der Waals surface area contributed by atoms with E-state index < -0.39 is 11.6 Å². The summed E-state index contributed by atoms with van der Waals surface area (Å²) in [5, 5.41) is -0.0648. The molecule has 0 radical (unpaired) electrons. The van der Waals surface area contributed by atoms with Gasteiger partial charge in [0.25, 0.3) is 0 Å². The van der Waals surface area contributed by atoms with Crippen LogP contribution in [-0.2, 0) is 0 Å². The first-order chi connectivity index (χ1) is 8.56. The van der Waals surface area contributed by atoms with Crippen LogP contribution in [0.15, 0.2) is 30.9 Å². The largest absolute Gasteiger partial charge is 0.298 e. The summed E-state index contributed by atoms with van der Waals surface area (Å²) in [6.45, 7) is 0. The van der Waals surface area contributed by atoms with Crippen molar-refractivity contribution in [1.29, 1.82) is 0 Å². The zero-order chi connectivity index (χ0) is 13.5. The average Bonchev–Trinajstić information content (AvgIpc) is 2.37. The van der Waals surface area contributed by atoms with E-state index in [-0.39, 0.29) is 15.6 Å². The molecule has 0 amide bonds. The molecule has 94 valence electrons. The predicted octanol–water partition coefficient (Wildman–Crippen LogP) is 3.56. The Morgan fingerprint density at radius 1 is 1.06 bits per heavy atom. The van der Waals surface area contributed by atoms with E-state index in [1.165, 1.54) is 18.5 Å². The molecule has 0 N–H and O–H groups in total. The highest BCUT2D eigenvalue weighted by Gasteiger charge is 2.03. The Morgan fingerprint density at radius 3 is 2.17 bits per heavy atom. The fraction of sp³-hybridized carbons (Fsp3) is 0. The van der Waals surface area contributed by atoms with Gasteiger partial charge in [0.2, 0.25) is 0 Å². The van der Waals surface area contributed by atoms with Crippen LogP contribution in [0.2, 0.25) is 10.0 Å². The number of rotatable bonds is 1. The molecular weight excluding hydrogens is 285 g/mol. The summed E-state index contributed by atoms with van der Waals surface area (Å²) in [5.41, 5.74) is 0.0710. The summed E-state index contributed by atoms with van der Waals surface area (Å²) in [6.07, 6.45) is 5.12. The molecule has 0 unspecified atom stereocenters. The van der Waals surface area contributed by atoms with Crippen LogP contribution in [0, 0.1) is 11.6 Å². The summed E-state index contributed by atoms with van der Waals surface area (Å²) in [7, 11) is 0. The lowest BCUT2D eigenvalue weighted by Crippen LogP contribution is -1.87. The fourth-order valence-electron chi connectivity index (χ4n) is 0.875. The second-order valence-electron chi connectivity index (χ2n) is 2.93. The molecule has 0 saturated carbocycles. The molecule has 0 aliphatic heterocycles. The van der Waals surface area contributed by atoms with Crippen molar-refractivity contribution in [2.24, 2.45) is 0 Å². The predicted molar refractivity (Wildman–Crippen MR) is 63.8 cm³/mol. The highest BCUT2D eigenvalue weighted by molar-refractivity contribution is 6.33. The van der Waals surface area contributed by atoms with Gasteiger partial charge in [-0.1, -0.05) is 23.2 Å². The maximum absolute atomic E-state index is 12.4. The van der Waals surface area contributed by atoms with Crippen LogP contribution in [-0.4, -0.2) is 16.3 Å². The van der Waals surface area contributed by atoms with Crippen LogP contribution in [0.4, 0.5) is 8.78 Å². The van der Waals surface area contributed by atoms with Crippen molar-refractivity contribution in [2.75, 3.05) is 0 Å². The van der Waals surface area contributed by atoms with E-state index in [1.54, 1.807) is 0 Å². The van der Waals surface area contributed by atoms with Gasteiger partial charge in [-0.15, -0.1) is 0 Å². The highest BCUT2D eigenvalue weighted by atomic mass is 35.5. The van der Waals surface area contributed by atoms with Gasteiger partial charge < -0.3 is 0 Å². The number of halogens is 4. The molecule has 2 rings (SSSR count). The maximum atomic E-state index is 12.4. The van der Waals surface area contributed by atoms with Crippen LogP contribution in [0.5, 0.6) is 0 Å². The van der Waals surface area contributed by atoms with E-state index in [0.29, 0.717) is 6.29 Å². The quantitative estimate of drug-likeness (QED) is 0.754. The van der Waals surface area contributed by atoms with Crippen molar-refractivity contribution in [2.45, 2.75) is 0 Å². The third-order valence-electron chi connectivity index (χ3n) is 1.71. The van der Waals surface area contributed by atoms with Gasteiger partial charge in [0.15, 0.2) is 17.9 Å². The van der Waals surface area contributed by atoms with E-state index in [0.717, 1.165) is 12.4 Å². The number of aromatic nitrogens is 2. The standard InChI is InChI=1S/C6H3ClFNO.C5H3ClFN/c7-6-4(3-10)1-9-2-5(6)8;6-4-1-2-8-3-5(4)7/h1-3H;1-3H. The maximum Gasteiger partial charge on any atom is 0.160 e. The smallest absolute Gasteiger partial charge is 0.160 e. The van der Waals surface area contributed by atoms with E-state index in [4.69, 9.17) is 23.2 Å². The molecule has 18 heavy (non-hydrogen) atoms. The molecule has 0 fully saturated rings. The first kappa shape index (κ1) is 14.5. The number of pyridine rings is 2. The second kappa shape index (κ2) is 6.98. The molecule has 0 aliphatic carbocycles. The van der Waals surface area contributed by atoms with Crippen molar-refractivity contribution >= 4 is 29.5 Å². The number of nitrogens with zero attached hydrogens (tertiary/aromatic N) is 2. The van der Waals surface area contributed by atoms with E-state index in [9.17, 15) is 13.6 Å². The fourth-order valence-corrected chi connectivity index (χ4v) is 1.12. The first-order valence-electron chi connectivity index (χ1n) is 4.55. The van der Waals surface area contributed by atoms with Crippen molar-refractivity contribution in [3.63, 3.8) is 0 Å². The normalized spacial score (nSPS) is 9.33. The Bertz CT molecular complexity index is 531. The average molecular weight is 291 g/mol. The third kappa shape index (κ3) is 4.01. The van der Waals surface area contributed by atoms with Gasteiger partial charge in [-0.3, -0.25) is 14.8 Å². The lowest BCUT2D eigenvalue weighted by Gasteiger charge is -1.93. The monoisotopic (exact) mass is 290 g/mol. The Hall–Kier alpha value is -1.59. The van der Waals surface area contributed by atoms with Gasteiger partial charge >= 0.3 is 0 Å². The van der Waals surface area contributed by atoms with Crippen LogP contribution in [0.3, 0.4) is 0 Å². The molecular formula is C11H6Cl2F2N2O. The summed E-state index contributed by atoms with van der Waals surface area (Å²) >= 11 is 10.6. The van der Waals surface area contributed by atoms with Crippen LogP contribution in [0.25, 0.3) is 0 Å². The van der Waals surface area contributed by atoms with Crippen molar-refractivity contribution in [3.8, 4) is 0 Å². The van der Waals surface area contributed by atoms with Gasteiger partial charge in [0, 0.05) is 12.4 Å². The SMILES string of the molecule is Fc1cnccc1Cl.O=Cc1cncc(F)c1Cl. The van der Waals surface area contributed by atoms with Gasteiger partial charge in [-0.25, -0.2) is 8.78 Å². The highest BCUT2D eigenvalue weighted by Crippen LogP contribution is 2.15. The Morgan fingerprint density at radius 2 is 1.72 bits per heavy atom. The minimum atomic E-state index is -0.675. The van der Waals surface area contributed by atoms with Gasteiger partial charge in [0.05, 0.1) is 28.0 Å². The van der Waals surface area contributed by atoms with Crippen LogP contribution >= 0.6 is 23.2 Å². The zero-order valence-electron chi connectivity index (χ0n) is 8.78. The topological polar surface area (TPSA) is 42.9 Å². The zero-order valence-corrected chi connectivity index (χ0v) is 10.3. The van der Waals surface area contributed by atoms with E-state index in [1.807, 2.05) is 0 Å². The number of hydrogen-bond donors (Lipinski definition) is 0. The molecule has 0 bridgehead atoms. The van der Waals surface area contributed by atoms with E-state index in [2.05, 4.69) is 9.97 Å². The third-order valence-corrected chi connectivity index (χ3v) is 2.42. The van der Waals surface area contributed by atoms with Gasteiger partial charge in [0.1, 0.15) is 0 Å². The molecule has 2 aromatic heterocycles. The molecule has 3 nitrogen and oxygen atoms in total. The summed E-state index contributed by atoms with van der Waals surface area (Å²) < 4.78 is 24.5. The molecule has 0 aliphatic rings. The molecule has 0 spiro atoms.